The average Bonchev–Trinajstić information content (AvgIpc) is 3.08. The average molecular weight is 368 g/mol. The van der Waals surface area contributed by atoms with Gasteiger partial charge in [-0.2, -0.15) is 5.10 Å². The van der Waals surface area contributed by atoms with Crippen LogP contribution < -0.4 is 5.56 Å². The summed E-state index contributed by atoms with van der Waals surface area (Å²) in [6.07, 6.45) is 8.19. The second-order valence-corrected chi connectivity index (χ2v) is 8.06. The van der Waals surface area contributed by atoms with Crippen molar-refractivity contribution in [2.75, 3.05) is 13.1 Å². The summed E-state index contributed by atoms with van der Waals surface area (Å²) < 4.78 is 6.95. The molecule has 1 fully saturated rings. The molecule has 0 spiro atoms. The van der Waals surface area contributed by atoms with E-state index in [1.165, 1.54) is 0 Å². The van der Waals surface area contributed by atoms with E-state index in [0.29, 0.717) is 25.4 Å². The maximum absolute atomic E-state index is 12.7. The van der Waals surface area contributed by atoms with Gasteiger partial charge in [0, 0.05) is 30.6 Å². The molecule has 1 amide bonds. The topological polar surface area (TPSA) is 81.2 Å². The normalized spacial score (nSPS) is 19.3. The molecule has 1 saturated heterocycles. The largest absolute Gasteiger partial charge is 0.350 e. The number of hydrogen-bond acceptors (Lipinski definition) is 5. The van der Waals surface area contributed by atoms with E-state index < -0.39 is 0 Å². The van der Waals surface area contributed by atoms with Gasteiger partial charge in [0.2, 0.25) is 5.76 Å². The molecule has 5 rings (SSSR count). The second-order valence-electron chi connectivity index (χ2n) is 8.06. The van der Waals surface area contributed by atoms with Crippen LogP contribution in [0.25, 0.3) is 0 Å². The molecule has 2 aromatic heterocycles. The molecule has 7 heteroatoms. The van der Waals surface area contributed by atoms with E-state index in [9.17, 15) is 9.59 Å². The molecule has 3 aliphatic rings. The summed E-state index contributed by atoms with van der Waals surface area (Å²) in [7, 11) is 0. The van der Waals surface area contributed by atoms with Gasteiger partial charge in [0.25, 0.3) is 11.5 Å². The standard InChI is InChI=1S/C20H24N4O3/c25-18-9-14-5-1-3-7-16(14)21-24(18)12-13-10-23(11-13)20(26)19-15-6-2-4-8-17(15)22-27-19/h9,13H,1-8,10-12H2. The third kappa shape index (κ3) is 2.99. The number of carbonyl (C=O) groups excluding carboxylic acids is 1. The molecule has 27 heavy (non-hydrogen) atoms. The Morgan fingerprint density at radius 2 is 1.81 bits per heavy atom. The Hall–Kier alpha value is -2.44. The van der Waals surface area contributed by atoms with Crippen molar-refractivity contribution in [1.29, 1.82) is 0 Å². The summed E-state index contributed by atoms with van der Waals surface area (Å²) in [5, 5.41) is 8.66. The number of carbonyl (C=O) groups is 1. The Labute approximate surface area is 157 Å². The smallest absolute Gasteiger partial charge is 0.292 e. The Kier molecular flexibility index (Phi) is 4.10. The number of fused-ring (bicyclic) bond motifs is 2. The van der Waals surface area contributed by atoms with E-state index in [-0.39, 0.29) is 17.4 Å². The lowest BCUT2D eigenvalue weighted by atomic mass is 9.94. The molecule has 0 saturated carbocycles. The van der Waals surface area contributed by atoms with E-state index in [0.717, 1.165) is 73.9 Å². The monoisotopic (exact) mass is 368 g/mol. The van der Waals surface area contributed by atoms with Crippen molar-refractivity contribution in [2.45, 2.75) is 57.9 Å². The summed E-state index contributed by atoms with van der Waals surface area (Å²) in [6.45, 7) is 1.85. The van der Waals surface area contributed by atoms with Gasteiger partial charge in [-0.15, -0.1) is 0 Å². The fourth-order valence-electron chi connectivity index (χ4n) is 4.53. The third-order valence-electron chi connectivity index (χ3n) is 6.10. The van der Waals surface area contributed by atoms with Gasteiger partial charge in [0.1, 0.15) is 0 Å². The molecule has 2 aromatic rings. The predicted octanol–water partition coefficient (Wildman–Crippen LogP) is 1.76. The van der Waals surface area contributed by atoms with Crippen molar-refractivity contribution in [3.05, 3.63) is 44.7 Å². The number of nitrogens with zero attached hydrogens (tertiary/aromatic N) is 4. The minimum atomic E-state index is -0.0624. The summed E-state index contributed by atoms with van der Waals surface area (Å²) in [6, 6.07) is 1.75. The highest BCUT2D eigenvalue weighted by atomic mass is 16.5. The molecular weight excluding hydrogens is 344 g/mol. The molecule has 2 aliphatic carbocycles. The summed E-state index contributed by atoms with van der Waals surface area (Å²) in [4.78, 5) is 26.8. The fourth-order valence-corrected chi connectivity index (χ4v) is 4.53. The summed E-state index contributed by atoms with van der Waals surface area (Å²) in [5.41, 5.74) is 4.11. The van der Waals surface area contributed by atoms with Crippen LogP contribution in [0.5, 0.6) is 0 Å². The molecule has 0 bridgehead atoms. The van der Waals surface area contributed by atoms with Crippen LogP contribution in [-0.2, 0) is 32.2 Å². The predicted molar refractivity (Wildman–Crippen MR) is 97.7 cm³/mol. The number of aryl methyl sites for hydroxylation is 3. The number of likely N-dealkylation sites (tertiary alicyclic amines) is 1. The van der Waals surface area contributed by atoms with E-state index in [1.54, 1.807) is 15.6 Å². The lowest BCUT2D eigenvalue weighted by molar-refractivity contribution is 0.0416. The van der Waals surface area contributed by atoms with Crippen LogP contribution in [0, 0.1) is 5.92 Å². The zero-order valence-corrected chi connectivity index (χ0v) is 15.4. The van der Waals surface area contributed by atoms with E-state index in [1.807, 2.05) is 0 Å². The number of amides is 1. The van der Waals surface area contributed by atoms with Gasteiger partial charge in [-0.1, -0.05) is 5.16 Å². The van der Waals surface area contributed by atoms with Gasteiger partial charge in [0.05, 0.1) is 17.9 Å². The first-order chi connectivity index (χ1) is 13.2. The van der Waals surface area contributed by atoms with Crippen molar-refractivity contribution >= 4 is 5.91 Å². The van der Waals surface area contributed by atoms with Crippen molar-refractivity contribution in [1.82, 2.24) is 19.8 Å². The van der Waals surface area contributed by atoms with Crippen LogP contribution in [-0.4, -0.2) is 38.8 Å². The van der Waals surface area contributed by atoms with Gasteiger partial charge in [-0.25, -0.2) is 4.68 Å². The number of rotatable bonds is 3. The Morgan fingerprint density at radius 1 is 1.07 bits per heavy atom. The van der Waals surface area contributed by atoms with Crippen LogP contribution in [0.3, 0.4) is 0 Å². The van der Waals surface area contributed by atoms with E-state index in [4.69, 9.17) is 4.52 Å². The lowest BCUT2D eigenvalue weighted by Gasteiger charge is -2.38. The molecule has 3 heterocycles. The number of aromatic nitrogens is 3. The zero-order valence-electron chi connectivity index (χ0n) is 15.4. The number of hydrogen-bond donors (Lipinski definition) is 0. The lowest BCUT2D eigenvalue weighted by Crippen LogP contribution is -2.52. The molecule has 0 aromatic carbocycles. The molecule has 0 N–H and O–H groups in total. The molecule has 0 unspecified atom stereocenters. The molecule has 7 nitrogen and oxygen atoms in total. The molecule has 0 atom stereocenters. The first kappa shape index (κ1) is 16.7. The van der Waals surface area contributed by atoms with Crippen molar-refractivity contribution in [3.63, 3.8) is 0 Å². The maximum atomic E-state index is 12.7. The van der Waals surface area contributed by atoms with Crippen molar-refractivity contribution < 1.29 is 9.32 Å². The van der Waals surface area contributed by atoms with Gasteiger partial charge in [0.15, 0.2) is 0 Å². The van der Waals surface area contributed by atoms with Crippen LogP contribution in [0.4, 0.5) is 0 Å². The Balaban J connectivity index is 1.24. The zero-order chi connectivity index (χ0) is 18.4. The maximum Gasteiger partial charge on any atom is 0.292 e. The second kappa shape index (κ2) is 6.62. The van der Waals surface area contributed by atoms with Crippen LogP contribution in [0.15, 0.2) is 15.4 Å². The Bertz CT molecular complexity index is 939. The minimum Gasteiger partial charge on any atom is -0.350 e. The summed E-state index contributed by atoms with van der Waals surface area (Å²) in [5.74, 6) is 0.624. The van der Waals surface area contributed by atoms with Crippen molar-refractivity contribution in [3.8, 4) is 0 Å². The molecule has 1 aliphatic heterocycles. The summed E-state index contributed by atoms with van der Waals surface area (Å²) >= 11 is 0. The highest BCUT2D eigenvalue weighted by Gasteiger charge is 2.36. The molecule has 142 valence electrons. The van der Waals surface area contributed by atoms with E-state index in [2.05, 4.69) is 10.3 Å². The highest BCUT2D eigenvalue weighted by molar-refractivity contribution is 5.93. The van der Waals surface area contributed by atoms with Gasteiger partial charge < -0.3 is 9.42 Å². The Morgan fingerprint density at radius 3 is 2.67 bits per heavy atom. The van der Waals surface area contributed by atoms with Crippen molar-refractivity contribution in [2.24, 2.45) is 5.92 Å². The van der Waals surface area contributed by atoms with Crippen LogP contribution in [0.1, 0.15) is 58.8 Å². The molecule has 0 radical (unpaired) electrons. The van der Waals surface area contributed by atoms with Crippen LogP contribution >= 0.6 is 0 Å². The third-order valence-corrected chi connectivity index (χ3v) is 6.10. The van der Waals surface area contributed by atoms with E-state index >= 15 is 0 Å². The van der Waals surface area contributed by atoms with Gasteiger partial charge in [-0.3, -0.25) is 9.59 Å². The highest BCUT2D eigenvalue weighted by Crippen LogP contribution is 2.27. The van der Waals surface area contributed by atoms with Gasteiger partial charge >= 0.3 is 0 Å². The quantitative estimate of drug-likeness (QED) is 0.825. The first-order valence-corrected chi connectivity index (χ1v) is 10.1. The first-order valence-electron chi connectivity index (χ1n) is 10.1. The molecular formula is C20H24N4O3. The minimum absolute atomic E-state index is 0.0234. The SMILES string of the molecule is O=C(c1onc2c1CCCC2)N1CC(Cn2nc3c(cc2=O)CCCC3)C1. The fraction of sp³-hybridized carbons (Fsp3) is 0.600. The van der Waals surface area contributed by atoms with Gasteiger partial charge in [-0.05, 0) is 56.9 Å². The van der Waals surface area contributed by atoms with Crippen LogP contribution in [0.2, 0.25) is 0 Å².